The number of anilines is 1. The number of hydrogen-bond donors (Lipinski definition) is 1. The number of ether oxygens (including phenoxy) is 2. The Balaban J connectivity index is 1.50. The molecular weight excluding hydrogens is 384 g/mol. The van der Waals surface area contributed by atoms with E-state index in [-0.39, 0.29) is 12.3 Å². The molecule has 0 saturated carbocycles. The third kappa shape index (κ3) is 6.06. The van der Waals surface area contributed by atoms with Gasteiger partial charge >= 0.3 is 0 Å². The van der Waals surface area contributed by atoms with Crippen LogP contribution in [0.15, 0.2) is 47.8 Å². The second-order valence-electron chi connectivity index (χ2n) is 6.83. The van der Waals surface area contributed by atoms with Crippen LogP contribution in [-0.4, -0.2) is 24.1 Å². The van der Waals surface area contributed by atoms with E-state index in [4.69, 9.17) is 9.47 Å². The largest absolute Gasteiger partial charge is 0.494 e. The molecule has 3 aromatic rings. The number of aromatic nitrogens is 1. The van der Waals surface area contributed by atoms with E-state index in [1.54, 1.807) is 0 Å². The van der Waals surface area contributed by atoms with Gasteiger partial charge in [0.1, 0.15) is 11.5 Å². The predicted octanol–water partition coefficient (Wildman–Crippen LogP) is 5.62. The van der Waals surface area contributed by atoms with E-state index < -0.39 is 0 Å². The summed E-state index contributed by atoms with van der Waals surface area (Å²) in [4.78, 5) is 16.7. The number of thiazole rings is 1. The molecule has 5 nitrogen and oxygen atoms in total. The molecule has 0 aliphatic carbocycles. The van der Waals surface area contributed by atoms with Gasteiger partial charge < -0.3 is 14.8 Å². The van der Waals surface area contributed by atoms with Crippen LogP contribution in [0.3, 0.4) is 0 Å². The Labute approximate surface area is 175 Å². The Kier molecular flexibility index (Phi) is 7.25. The van der Waals surface area contributed by atoms with E-state index in [2.05, 4.69) is 17.2 Å². The maximum absolute atomic E-state index is 12.2. The Morgan fingerprint density at radius 2 is 1.86 bits per heavy atom. The number of benzene rings is 2. The number of amides is 1. The Morgan fingerprint density at radius 3 is 2.62 bits per heavy atom. The van der Waals surface area contributed by atoms with Crippen molar-refractivity contribution in [2.24, 2.45) is 0 Å². The lowest BCUT2D eigenvalue weighted by Crippen LogP contribution is -2.15. The molecule has 1 amide bonds. The molecule has 0 aliphatic heterocycles. The average molecular weight is 411 g/mol. The van der Waals surface area contributed by atoms with Gasteiger partial charge in [-0.15, -0.1) is 11.3 Å². The number of hydrogen-bond acceptors (Lipinski definition) is 5. The lowest BCUT2D eigenvalue weighted by molar-refractivity contribution is -0.116. The van der Waals surface area contributed by atoms with Crippen molar-refractivity contribution in [1.82, 2.24) is 4.98 Å². The number of nitrogens with one attached hydrogen (secondary N) is 1. The molecule has 152 valence electrons. The highest BCUT2D eigenvalue weighted by atomic mass is 32.1. The van der Waals surface area contributed by atoms with Gasteiger partial charge in [0, 0.05) is 10.9 Å². The van der Waals surface area contributed by atoms with Gasteiger partial charge in [0.15, 0.2) is 5.13 Å². The van der Waals surface area contributed by atoms with E-state index in [1.807, 2.05) is 61.7 Å². The normalized spacial score (nSPS) is 10.6. The topological polar surface area (TPSA) is 60.5 Å². The molecule has 29 heavy (non-hydrogen) atoms. The van der Waals surface area contributed by atoms with Gasteiger partial charge in [0.05, 0.1) is 25.3 Å². The van der Waals surface area contributed by atoms with Crippen molar-refractivity contribution in [2.75, 3.05) is 18.5 Å². The summed E-state index contributed by atoms with van der Waals surface area (Å²) >= 11 is 1.41. The summed E-state index contributed by atoms with van der Waals surface area (Å²) in [5.41, 5.74) is 4.02. The predicted molar refractivity (Wildman–Crippen MR) is 118 cm³/mol. The smallest absolute Gasteiger partial charge is 0.229 e. The third-order valence-electron chi connectivity index (χ3n) is 4.30. The maximum Gasteiger partial charge on any atom is 0.229 e. The minimum absolute atomic E-state index is 0.112. The second kappa shape index (κ2) is 10.1. The van der Waals surface area contributed by atoms with Crippen molar-refractivity contribution in [3.63, 3.8) is 0 Å². The first-order chi connectivity index (χ1) is 14.0. The highest BCUT2D eigenvalue weighted by Gasteiger charge is 2.09. The first kappa shape index (κ1) is 20.9. The van der Waals surface area contributed by atoms with E-state index in [9.17, 15) is 4.79 Å². The number of rotatable bonds is 9. The van der Waals surface area contributed by atoms with E-state index in [1.165, 1.54) is 11.3 Å². The van der Waals surface area contributed by atoms with Crippen molar-refractivity contribution in [1.29, 1.82) is 0 Å². The summed E-state index contributed by atoms with van der Waals surface area (Å²) < 4.78 is 11.4. The van der Waals surface area contributed by atoms with Crippen LogP contribution < -0.4 is 14.8 Å². The molecule has 0 spiro atoms. The van der Waals surface area contributed by atoms with Gasteiger partial charge in [-0.05, 0) is 61.7 Å². The van der Waals surface area contributed by atoms with Crippen LogP contribution in [0.1, 0.15) is 30.9 Å². The summed E-state index contributed by atoms with van der Waals surface area (Å²) in [7, 11) is 0. The fourth-order valence-corrected chi connectivity index (χ4v) is 3.44. The van der Waals surface area contributed by atoms with Gasteiger partial charge in [-0.2, -0.15) is 0 Å². The monoisotopic (exact) mass is 410 g/mol. The molecule has 3 rings (SSSR count). The van der Waals surface area contributed by atoms with Crippen molar-refractivity contribution < 1.29 is 14.3 Å². The Hall–Kier alpha value is -2.86. The van der Waals surface area contributed by atoms with E-state index >= 15 is 0 Å². The van der Waals surface area contributed by atoms with Crippen LogP contribution in [0.2, 0.25) is 0 Å². The van der Waals surface area contributed by atoms with Crippen LogP contribution >= 0.6 is 11.3 Å². The fourth-order valence-electron chi connectivity index (χ4n) is 2.70. The van der Waals surface area contributed by atoms with Crippen molar-refractivity contribution in [2.45, 2.75) is 33.6 Å². The summed E-state index contributed by atoms with van der Waals surface area (Å²) in [6, 6.07) is 13.9. The molecular formula is C23H26N2O3S. The van der Waals surface area contributed by atoms with Crippen LogP contribution in [0.5, 0.6) is 11.5 Å². The molecule has 6 heteroatoms. The molecule has 1 aromatic heterocycles. The molecule has 0 radical (unpaired) electrons. The van der Waals surface area contributed by atoms with E-state index in [0.717, 1.165) is 40.3 Å². The van der Waals surface area contributed by atoms with Gasteiger partial charge in [-0.3, -0.25) is 4.79 Å². The molecule has 0 aliphatic rings. The van der Waals surface area contributed by atoms with Crippen molar-refractivity contribution >= 4 is 22.4 Å². The second-order valence-corrected chi connectivity index (χ2v) is 7.68. The maximum atomic E-state index is 12.2. The zero-order valence-corrected chi connectivity index (χ0v) is 17.8. The quantitative estimate of drug-likeness (QED) is 0.497. The molecule has 0 fully saturated rings. The lowest BCUT2D eigenvalue weighted by Gasteiger charge is -2.09. The van der Waals surface area contributed by atoms with Crippen LogP contribution in [0, 0.1) is 13.8 Å². The summed E-state index contributed by atoms with van der Waals surface area (Å²) in [5.74, 6) is 1.56. The molecule has 0 bridgehead atoms. The zero-order valence-electron chi connectivity index (χ0n) is 17.0. The molecule has 1 heterocycles. The molecule has 1 N–H and O–H groups in total. The van der Waals surface area contributed by atoms with E-state index in [0.29, 0.717) is 18.3 Å². The van der Waals surface area contributed by atoms with Gasteiger partial charge in [-0.1, -0.05) is 19.1 Å². The lowest BCUT2D eigenvalue weighted by atomic mass is 10.1. The SMILES string of the molecule is CCCOc1ccc(-c2csc(NC(=O)CCOc3cc(C)ccc3C)n2)cc1. The minimum Gasteiger partial charge on any atom is -0.494 e. The average Bonchev–Trinajstić information content (AvgIpc) is 3.17. The zero-order chi connectivity index (χ0) is 20.6. The highest BCUT2D eigenvalue weighted by molar-refractivity contribution is 7.14. The van der Waals surface area contributed by atoms with Crippen molar-refractivity contribution in [3.05, 3.63) is 59.0 Å². The Bertz CT molecular complexity index is 951. The number of aryl methyl sites for hydroxylation is 2. The number of carbonyl (C=O) groups excluding carboxylic acids is 1. The van der Waals surface area contributed by atoms with Crippen molar-refractivity contribution in [3.8, 4) is 22.8 Å². The summed E-state index contributed by atoms with van der Waals surface area (Å²) in [5, 5.41) is 5.37. The standard InChI is InChI=1S/C23H26N2O3S/c1-4-12-27-19-9-7-18(8-10-19)20-15-29-23(24-20)25-22(26)11-13-28-21-14-16(2)5-6-17(21)3/h5-10,14-15H,4,11-13H2,1-3H3,(H,24,25,26). The van der Waals surface area contributed by atoms with Gasteiger partial charge in [0.25, 0.3) is 0 Å². The summed E-state index contributed by atoms with van der Waals surface area (Å²) in [6.45, 7) is 7.13. The number of carbonyl (C=O) groups is 1. The molecule has 2 aromatic carbocycles. The van der Waals surface area contributed by atoms with Gasteiger partial charge in [-0.25, -0.2) is 4.98 Å². The number of nitrogens with zero attached hydrogens (tertiary/aromatic N) is 1. The fraction of sp³-hybridized carbons (Fsp3) is 0.304. The minimum atomic E-state index is -0.112. The van der Waals surface area contributed by atoms with Crippen LogP contribution in [-0.2, 0) is 4.79 Å². The first-order valence-corrected chi connectivity index (χ1v) is 10.6. The molecule has 0 unspecified atom stereocenters. The van der Waals surface area contributed by atoms with Crippen LogP contribution in [0.25, 0.3) is 11.3 Å². The molecule has 0 saturated heterocycles. The summed E-state index contributed by atoms with van der Waals surface area (Å²) in [6.07, 6.45) is 1.25. The first-order valence-electron chi connectivity index (χ1n) is 9.74. The highest BCUT2D eigenvalue weighted by Crippen LogP contribution is 2.26. The Morgan fingerprint density at radius 1 is 1.07 bits per heavy atom. The van der Waals surface area contributed by atoms with Crippen LogP contribution in [0.4, 0.5) is 5.13 Å². The molecule has 0 atom stereocenters. The third-order valence-corrected chi connectivity index (χ3v) is 5.06. The van der Waals surface area contributed by atoms with Gasteiger partial charge in [0.2, 0.25) is 5.91 Å².